The number of hydrogen-bond donors (Lipinski definition) is 0. The molecule has 0 amide bonds. The van der Waals surface area contributed by atoms with Crippen molar-refractivity contribution in [1.82, 2.24) is 9.13 Å². The SMILES string of the molecule is c1ccc(-c2cc(-c3ccccc3)cc(-n3c4ccccc4c4cc(-c5ccc6c(c5)c5ccccc5n6-c5cccc(S(c6ccccc6)(c6ccccc6)c6ccccc6)c5)ccc43)c2)cc1. The molecule has 13 rings (SSSR count). The summed E-state index contributed by atoms with van der Waals surface area (Å²) in [5.41, 5.74) is 14.2. The van der Waals surface area contributed by atoms with Gasteiger partial charge in [-0.1, -0.05) is 170 Å². The van der Waals surface area contributed by atoms with Gasteiger partial charge in [-0.15, -0.1) is 10.0 Å². The molecule has 0 N–H and O–H groups in total. The fourth-order valence-corrected chi connectivity index (χ4v) is 14.6. The Morgan fingerprint density at radius 2 is 0.580 bits per heavy atom. The van der Waals surface area contributed by atoms with E-state index in [4.69, 9.17) is 0 Å². The Morgan fingerprint density at radius 3 is 1.04 bits per heavy atom. The van der Waals surface area contributed by atoms with Gasteiger partial charge in [0.25, 0.3) is 0 Å². The van der Waals surface area contributed by atoms with Crippen LogP contribution in [0.3, 0.4) is 0 Å². The van der Waals surface area contributed by atoms with E-state index in [1.54, 1.807) is 0 Å². The predicted molar refractivity (Wildman–Crippen MR) is 291 cm³/mol. The minimum Gasteiger partial charge on any atom is -0.309 e. The van der Waals surface area contributed by atoms with Crippen LogP contribution in [-0.4, -0.2) is 9.13 Å². The molecule has 0 aliphatic heterocycles. The average Bonchev–Trinajstić information content (AvgIpc) is 3.95. The van der Waals surface area contributed by atoms with Crippen LogP contribution in [0.2, 0.25) is 0 Å². The Balaban J connectivity index is 0.966. The first-order chi connectivity index (χ1) is 34.2. The zero-order valence-electron chi connectivity index (χ0n) is 37.9. The third kappa shape index (κ3) is 6.81. The minimum atomic E-state index is -1.87. The number of fused-ring (bicyclic) bond motifs is 6. The van der Waals surface area contributed by atoms with E-state index < -0.39 is 10.0 Å². The smallest absolute Gasteiger partial charge is 0.0541 e. The lowest BCUT2D eigenvalue weighted by atomic mass is 9.98. The van der Waals surface area contributed by atoms with Crippen molar-refractivity contribution in [3.63, 3.8) is 0 Å². The summed E-state index contributed by atoms with van der Waals surface area (Å²) in [4.78, 5) is 5.22. The van der Waals surface area contributed by atoms with Gasteiger partial charge < -0.3 is 9.13 Å². The van der Waals surface area contributed by atoms with E-state index in [0.29, 0.717) is 0 Å². The minimum absolute atomic E-state index is 1.14. The summed E-state index contributed by atoms with van der Waals surface area (Å²) in [5.74, 6) is 0. The van der Waals surface area contributed by atoms with Gasteiger partial charge in [-0.2, -0.15) is 0 Å². The van der Waals surface area contributed by atoms with Crippen LogP contribution in [0.25, 0.3) is 88.4 Å². The summed E-state index contributed by atoms with van der Waals surface area (Å²) in [6, 6.07) is 103. The molecule has 11 aromatic carbocycles. The number of hydrogen-bond acceptors (Lipinski definition) is 0. The van der Waals surface area contributed by atoms with Gasteiger partial charge in [-0.05, 0) is 143 Å². The molecule has 326 valence electrons. The molecule has 13 aromatic rings. The molecule has 3 heteroatoms. The highest BCUT2D eigenvalue weighted by atomic mass is 32.3. The van der Waals surface area contributed by atoms with Gasteiger partial charge in [0.1, 0.15) is 0 Å². The van der Waals surface area contributed by atoms with Gasteiger partial charge in [0.2, 0.25) is 0 Å². The van der Waals surface area contributed by atoms with Gasteiger partial charge in [0.15, 0.2) is 0 Å². The van der Waals surface area contributed by atoms with Crippen molar-refractivity contribution < 1.29 is 0 Å². The molecule has 0 atom stereocenters. The fraction of sp³-hybridized carbons (Fsp3) is 0. The molecule has 2 nitrogen and oxygen atoms in total. The van der Waals surface area contributed by atoms with Crippen LogP contribution in [-0.2, 0) is 0 Å². The summed E-state index contributed by atoms with van der Waals surface area (Å²) in [6.45, 7) is 0. The van der Waals surface area contributed by atoms with Crippen molar-refractivity contribution in [2.24, 2.45) is 0 Å². The number of rotatable bonds is 9. The maximum Gasteiger partial charge on any atom is 0.0541 e. The second kappa shape index (κ2) is 16.9. The molecule has 0 aliphatic carbocycles. The molecule has 0 spiro atoms. The Morgan fingerprint density at radius 1 is 0.203 bits per heavy atom. The predicted octanol–water partition coefficient (Wildman–Crippen LogP) is 18.2. The first-order valence-electron chi connectivity index (χ1n) is 23.6. The number of nitrogens with zero attached hydrogens (tertiary/aromatic N) is 2. The second-order valence-electron chi connectivity index (χ2n) is 17.7. The zero-order valence-corrected chi connectivity index (χ0v) is 38.7. The summed E-state index contributed by atoms with van der Waals surface area (Å²) in [5, 5.41) is 4.93. The average molecular weight is 899 g/mol. The first-order valence-corrected chi connectivity index (χ1v) is 25.3. The van der Waals surface area contributed by atoms with Crippen molar-refractivity contribution in [3.05, 3.63) is 279 Å². The second-order valence-corrected chi connectivity index (χ2v) is 20.8. The molecule has 2 heterocycles. The standard InChI is InChI=1S/C66H46N2S/c1-6-21-47(22-7-1)51-41-52(48-23-8-2-9-24-48)43-54(42-51)68-64-36-19-17-34-60(64)62-45-50(38-40-66(62)68)49-37-39-65-61(44-49)59-33-16-18-35-63(59)67(65)53-25-20-32-58(46-53)69(55-26-10-3-11-27-55,56-28-12-4-13-29-56)57-30-14-5-15-31-57/h1-46H. The fourth-order valence-electron chi connectivity index (χ4n) is 10.7. The van der Waals surface area contributed by atoms with Gasteiger partial charge in [0.05, 0.1) is 22.1 Å². The molecule has 0 unspecified atom stereocenters. The van der Waals surface area contributed by atoms with Crippen LogP contribution in [0.15, 0.2) is 299 Å². The largest absolute Gasteiger partial charge is 0.309 e. The summed E-state index contributed by atoms with van der Waals surface area (Å²) in [7, 11) is -1.87. The van der Waals surface area contributed by atoms with E-state index >= 15 is 0 Å². The van der Waals surface area contributed by atoms with E-state index in [1.807, 2.05) is 0 Å². The van der Waals surface area contributed by atoms with Gasteiger partial charge in [-0.3, -0.25) is 0 Å². The normalized spacial score (nSPS) is 12.0. The number of para-hydroxylation sites is 2. The number of aromatic nitrogens is 2. The molecule has 2 aromatic heterocycles. The quantitative estimate of drug-likeness (QED) is 0.137. The van der Waals surface area contributed by atoms with Gasteiger partial charge >= 0.3 is 0 Å². The Hall–Kier alpha value is -8.63. The molecule has 0 saturated carbocycles. The molecular weight excluding hydrogens is 853 g/mol. The van der Waals surface area contributed by atoms with Crippen LogP contribution in [0.4, 0.5) is 0 Å². The number of benzene rings is 11. The van der Waals surface area contributed by atoms with Crippen LogP contribution in [0, 0.1) is 0 Å². The molecule has 0 radical (unpaired) electrons. The Bertz CT molecular complexity index is 3830. The van der Waals surface area contributed by atoms with E-state index in [9.17, 15) is 0 Å². The van der Waals surface area contributed by atoms with Crippen molar-refractivity contribution >= 4 is 53.6 Å². The van der Waals surface area contributed by atoms with Crippen LogP contribution in [0.1, 0.15) is 0 Å². The lowest BCUT2D eigenvalue weighted by Crippen LogP contribution is -2.06. The van der Waals surface area contributed by atoms with Crippen molar-refractivity contribution in [2.75, 3.05) is 0 Å². The van der Waals surface area contributed by atoms with E-state index in [-0.39, 0.29) is 0 Å². The Kier molecular flexibility index (Phi) is 9.96. The molecule has 0 bridgehead atoms. The Labute approximate surface area is 404 Å². The monoisotopic (exact) mass is 898 g/mol. The lowest BCUT2D eigenvalue weighted by Gasteiger charge is -2.42. The highest BCUT2D eigenvalue weighted by Gasteiger charge is 2.33. The third-order valence-corrected chi connectivity index (χ3v) is 17.7. The zero-order chi connectivity index (χ0) is 45.7. The topological polar surface area (TPSA) is 9.86 Å². The molecule has 0 fully saturated rings. The van der Waals surface area contributed by atoms with Gasteiger partial charge in [-0.25, -0.2) is 0 Å². The van der Waals surface area contributed by atoms with Gasteiger partial charge in [0, 0.05) is 52.5 Å². The van der Waals surface area contributed by atoms with E-state index in [0.717, 1.165) is 11.4 Å². The maximum atomic E-state index is 2.47. The highest BCUT2D eigenvalue weighted by molar-refractivity contribution is 8.34. The lowest BCUT2D eigenvalue weighted by molar-refractivity contribution is 1.15. The van der Waals surface area contributed by atoms with Crippen molar-refractivity contribution in [1.29, 1.82) is 0 Å². The van der Waals surface area contributed by atoms with Crippen molar-refractivity contribution in [3.8, 4) is 44.8 Å². The first kappa shape index (κ1) is 40.6. The molecule has 0 aliphatic rings. The third-order valence-electron chi connectivity index (χ3n) is 13.8. The molecule has 69 heavy (non-hydrogen) atoms. The molecule has 0 saturated heterocycles. The van der Waals surface area contributed by atoms with E-state index in [1.165, 1.54) is 96.6 Å². The summed E-state index contributed by atoms with van der Waals surface area (Å²) >= 11 is 0. The van der Waals surface area contributed by atoms with Crippen LogP contribution < -0.4 is 0 Å². The van der Waals surface area contributed by atoms with Crippen LogP contribution >= 0.6 is 10.0 Å². The summed E-state index contributed by atoms with van der Waals surface area (Å²) in [6.07, 6.45) is 0. The maximum absolute atomic E-state index is 2.47. The van der Waals surface area contributed by atoms with Crippen LogP contribution in [0.5, 0.6) is 0 Å². The highest BCUT2D eigenvalue weighted by Crippen LogP contribution is 2.73. The van der Waals surface area contributed by atoms with E-state index in [2.05, 4.69) is 288 Å². The summed E-state index contributed by atoms with van der Waals surface area (Å²) < 4.78 is 4.91. The molecular formula is C66H46N2S. The van der Waals surface area contributed by atoms with Crippen molar-refractivity contribution in [2.45, 2.75) is 19.6 Å².